The molecular formula is C25H18F3N3O4S. The Morgan fingerprint density at radius 1 is 1.11 bits per heavy atom. The van der Waals surface area contributed by atoms with E-state index in [9.17, 15) is 28.1 Å². The van der Waals surface area contributed by atoms with Gasteiger partial charge in [0.15, 0.2) is 5.17 Å². The Kier molecular flexibility index (Phi) is 6.84. The van der Waals surface area contributed by atoms with Crippen LogP contribution < -0.4 is 9.64 Å². The number of thioether (sulfide) groups is 1. The van der Waals surface area contributed by atoms with Gasteiger partial charge in [-0.2, -0.15) is 13.2 Å². The minimum atomic E-state index is -4.61. The first kappa shape index (κ1) is 25.0. The summed E-state index contributed by atoms with van der Waals surface area (Å²) in [6.07, 6.45) is -3.27. The highest BCUT2D eigenvalue weighted by atomic mass is 32.2. The van der Waals surface area contributed by atoms with Crippen molar-refractivity contribution in [1.29, 1.82) is 5.41 Å². The SMILES string of the molecule is Cc1ccc(COc2ccc([N+](=O)[O-])cc2C=C2SC(=N)N(c3cccc(C(F)(F)F)c3)C2=O)cc1. The van der Waals surface area contributed by atoms with Crippen molar-refractivity contribution >= 4 is 40.3 Å². The van der Waals surface area contributed by atoms with Crippen molar-refractivity contribution in [3.63, 3.8) is 0 Å². The first-order chi connectivity index (χ1) is 17.0. The van der Waals surface area contributed by atoms with Crippen LogP contribution in [0.1, 0.15) is 22.3 Å². The number of ether oxygens (including phenoxy) is 1. The standard InChI is InChI=1S/C25H18F3N3O4S/c1-15-5-7-16(8-6-15)14-35-21-10-9-20(31(33)34)11-17(21)12-22-23(32)30(24(29)36-22)19-4-2-3-18(13-19)25(26,27)28/h2-13,29H,14H2,1H3. The number of amidine groups is 1. The van der Waals surface area contributed by atoms with Gasteiger partial charge in [-0.15, -0.1) is 0 Å². The number of halogens is 3. The summed E-state index contributed by atoms with van der Waals surface area (Å²) in [7, 11) is 0. The smallest absolute Gasteiger partial charge is 0.416 e. The molecule has 11 heteroatoms. The predicted octanol–water partition coefficient (Wildman–Crippen LogP) is 6.56. The lowest BCUT2D eigenvalue weighted by atomic mass is 10.1. The van der Waals surface area contributed by atoms with Crippen LogP contribution in [0.15, 0.2) is 71.6 Å². The van der Waals surface area contributed by atoms with Crippen molar-refractivity contribution < 1.29 is 27.6 Å². The lowest BCUT2D eigenvalue weighted by molar-refractivity contribution is -0.384. The zero-order valence-corrected chi connectivity index (χ0v) is 19.5. The quantitative estimate of drug-likeness (QED) is 0.229. The molecule has 36 heavy (non-hydrogen) atoms. The van der Waals surface area contributed by atoms with Crippen LogP contribution in [0.3, 0.4) is 0 Å². The van der Waals surface area contributed by atoms with Crippen LogP contribution >= 0.6 is 11.8 Å². The number of benzene rings is 3. The molecule has 0 bridgehead atoms. The molecule has 0 aromatic heterocycles. The number of aryl methyl sites for hydroxylation is 1. The van der Waals surface area contributed by atoms with Crippen LogP contribution in [0.2, 0.25) is 0 Å². The Bertz CT molecular complexity index is 1390. The van der Waals surface area contributed by atoms with Crippen LogP contribution in [-0.2, 0) is 17.6 Å². The van der Waals surface area contributed by atoms with Gasteiger partial charge in [0, 0.05) is 17.7 Å². The normalized spacial score (nSPS) is 15.0. The van der Waals surface area contributed by atoms with Crippen molar-refractivity contribution in [3.05, 3.63) is 104 Å². The Morgan fingerprint density at radius 2 is 1.83 bits per heavy atom. The van der Waals surface area contributed by atoms with Crippen LogP contribution in [-0.4, -0.2) is 16.0 Å². The minimum absolute atomic E-state index is 0.0121. The molecule has 1 amide bonds. The van der Waals surface area contributed by atoms with E-state index in [1.54, 1.807) is 0 Å². The Morgan fingerprint density at radius 3 is 2.50 bits per heavy atom. The molecule has 184 valence electrons. The summed E-state index contributed by atoms with van der Waals surface area (Å²) in [6.45, 7) is 2.11. The highest BCUT2D eigenvalue weighted by Gasteiger charge is 2.36. The third kappa shape index (κ3) is 5.41. The van der Waals surface area contributed by atoms with Gasteiger partial charge in [0.1, 0.15) is 12.4 Å². The van der Waals surface area contributed by atoms with Crippen LogP contribution in [0, 0.1) is 22.4 Å². The second-order valence-corrected chi connectivity index (χ2v) is 8.89. The van der Waals surface area contributed by atoms with Crippen molar-refractivity contribution in [1.82, 2.24) is 0 Å². The van der Waals surface area contributed by atoms with E-state index in [1.165, 1.54) is 30.3 Å². The van der Waals surface area contributed by atoms with Gasteiger partial charge in [-0.05, 0) is 54.6 Å². The fourth-order valence-electron chi connectivity index (χ4n) is 3.42. The third-order valence-corrected chi connectivity index (χ3v) is 6.15. The zero-order chi connectivity index (χ0) is 26.0. The molecule has 7 nitrogen and oxygen atoms in total. The number of nitrogens with one attached hydrogen (secondary N) is 1. The van der Waals surface area contributed by atoms with Gasteiger partial charge in [0.25, 0.3) is 11.6 Å². The molecule has 4 rings (SSSR count). The van der Waals surface area contributed by atoms with Crippen LogP contribution in [0.25, 0.3) is 6.08 Å². The van der Waals surface area contributed by atoms with Gasteiger partial charge in [-0.1, -0.05) is 35.9 Å². The molecule has 1 aliphatic rings. The maximum absolute atomic E-state index is 13.1. The number of alkyl halides is 3. The summed E-state index contributed by atoms with van der Waals surface area (Å²) in [5, 5.41) is 19.2. The number of nitrogens with zero attached hydrogens (tertiary/aromatic N) is 2. The summed E-state index contributed by atoms with van der Waals surface area (Å²) >= 11 is 0.738. The molecule has 0 atom stereocenters. The molecule has 1 heterocycles. The molecule has 1 fully saturated rings. The van der Waals surface area contributed by atoms with Gasteiger partial charge in [-0.25, -0.2) is 0 Å². The Balaban J connectivity index is 1.66. The molecule has 3 aromatic carbocycles. The number of non-ortho nitro benzene ring substituents is 1. The predicted molar refractivity (Wildman–Crippen MR) is 131 cm³/mol. The van der Waals surface area contributed by atoms with Gasteiger partial charge < -0.3 is 4.74 Å². The maximum atomic E-state index is 13.1. The molecule has 0 saturated carbocycles. The van der Waals surface area contributed by atoms with E-state index in [0.29, 0.717) is 0 Å². The van der Waals surface area contributed by atoms with E-state index >= 15 is 0 Å². The first-order valence-electron chi connectivity index (χ1n) is 10.5. The largest absolute Gasteiger partial charge is 0.488 e. The van der Waals surface area contributed by atoms with E-state index in [4.69, 9.17) is 10.1 Å². The number of nitro groups is 1. The fraction of sp³-hybridized carbons (Fsp3) is 0.120. The molecule has 0 spiro atoms. The Hall–Kier alpha value is -4.12. The number of nitro benzene ring substituents is 1. The highest BCUT2D eigenvalue weighted by molar-refractivity contribution is 8.19. The van der Waals surface area contributed by atoms with E-state index in [-0.39, 0.29) is 39.4 Å². The second kappa shape index (κ2) is 9.86. The molecule has 1 N–H and O–H groups in total. The van der Waals surface area contributed by atoms with E-state index in [0.717, 1.165) is 46.0 Å². The molecular weight excluding hydrogens is 495 g/mol. The van der Waals surface area contributed by atoms with Gasteiger partial charge >= 0.3 is 6.18 Å². The van der Waals surface area contributed by atoms with Crippen molar-refractivity contribution in [2.24, 2.45) is 0 Å². The number of rotatable bonds is 6. The number of carbonyl (C=O) groups excluding carboxylic acids is 1. The topological polar surface area (TPSA) is 96.5 Å². The fourth-order valence-corrected chi connectivity index (χ4v) is 4.28. The average Bonchev–Trinajstić information content (AvgIpc) is 3.11. The molecule has 0 aliphatic carbocycles. The monoisotopic (exact) mass is 513 g/mol. The summed E-state index contributed by atoms with van der Waals surface area (Å²) in [6, 6.07) is 15.6. The average molecular weight is 513 g/mol. The van der Waals surface area contributed by atoms with Crippen LogP contribution in [0.4, 0.5) is 24.5 Å². The summed E-state index contributed by atoms with van der Waals surface area (Å²) < 4.78 is 45.3. The highest BCUT2D eigenvalue weighted by Crippen LogP contribution is 2.39. The summed E-state index contributed by atoms with van der Waals surface area (Å²) in [5.74, 6) is -0.452. The molecule has 0 unspecified atom stereocenters. The third-order valence-electron chi connectivity index (χ3n) is 5.26. The zero-order valence-electron chi connectivity index (χ0n) is 18.7. The number of amides is 1. The summed E-state index contributed by atoms with van der Waals surface area (Å²) in [4.78, 5) is 24.7. The van der Waals surface area contributed by atoms with Crippen molar-refractivity contribution in [3.8, 4) is 5.75 Å². The Labute approximate surface area is 207 Å². The van der Waals surface area contributed by atoms with E-state index < -0.39 is 22.6 Å². The van der Waals surface area contributed by atoms with E-state index in [2.05, 4.69) is 0 Å². The lowest BCUT2D eigenvalue weighted by Crippen LogP contribution is -2.28. The maximum Gasteiger partial charge on any atom is 0.416 e. The van der Waals surface area contributed by atoms with Crippen LogP contribution in [0.5, 0.6) is 5.75 Å². The molecule has 1 aliphatic heterocycles. The molecule has 0 radical (unpaired) electrons. The van der Waals surface area contributed by atoms with Crippen molar-refractivity contribution in [2.75, 3.05) is 4.90 Å². The van der Waals surface area contributed by atoms with E-state index in [1.807, 2.05) is 31.2 Å². The lowest BCUT2D eigenvalue weighted by Gasteiger charge is -2.16. The summed E-state index contributed by atoms with van der Waals surface area (Å²) in [5.41, 5.74) is 0.875. The first-order valence-corrected chi connectivity index (χ1v) is 11.3. The molecule has 1 saturated heterocycles. The second-order valence-electron chi connectivity index (χ2n) is 7.86. The van der Waals surface area contributed by atoms with Gasteiger partial charge in [0.2, 0.25) is 0 Å². The number of anilines is 1. The van der Waals surface area contributed by atoms with Crippen molar-refractivity contribution in [2.45, 2.75) is 19.7 Å². The number of hydrogen-bond acceptors (Lipinski definition) is 6. The minimum Gasteiger partial charge on any atom is -0.488 e. The number of hydrogen-bond donors (Lipinski definition) is 1. The van der Waals surface area contributed by atoms with Gasteiger partial charge in [0.05, 0.1) is 21.1 Å². The number of carbonyl (C=O) groups is 1. The molecule has 3 aromatic rings. The van der Waals surface area contributed by atoms with Gasteiger partial charge in [-0.3, -0.25) is 25.2 Å².